The van der Waals surface area contributed by atoms with Gasteiger partial charge in [-0.15, -0.1) is 0 Å². The molecule has 0 heterocycles. The highest BCUT2D eigenvalue weighted by Gasteiger charge is 2.16. The van der Waals surface area contributed by atoms with Crippen LogP contribution in [0.4, 0.5) is 5.69 Å². The van der Waals surface area contributed by atoms with Gasteiger partial charge in [0.25, 0.3) is 0 Å². The Balaban J connectivity index is 2.44. The molecule has 0 bridgehead atoms. The minimum absolute atomic E-state index is 0.202. The number of hydrogen-bond donors (Lipinski definition) is 1. The predicted octanol–water partition coefficient (Wildman–Crippen LogP) is 2.53. The molecule has 0 atom stereocenters. The Morgan fingerprint density at radius 3 is 2.24 bits per heavy atom. The Hall–Kier alpha value is -2.69. The summed E-state index contributed by atoms with van der Waals surface area (Å²) in [5.74, 6) is 1.43. The first-order valence-electron chi connectivity index (χ1n) is 6.31. The van der Waals surface area contributed by atoms with Crippen LogP contribution in [0.2, 0.25) is 0 Å². The van der Waals surface area contributed by atoms with Crippen molar-refractivity contribution in [2.24, 2.45) is 0 Å². The third-order valence-electron chi connectivity index (χ3n) is 3.15. The number of ether oxygens (including phenoxy) is 3. The third-order valence-corrected chi connectivity index (χ3v) is 3.15. The molecule has 2 rings (SSSR count). The first-order valence-corrected chi connectivity index (χ1v) is 6.31. The van der Waals surface area contributed by atoms with Crippen LogP contribution < -0.4 is 19.9 Å². The van der Waals surface area contributed by atoms with Crippen LogP contribution in [-0.2, 0) is 0 Å². The smallest absolute Gasteiger partial charge is 0.195 e. The highest BCUT2D eigenvalue weighted by Crippen LogP contribution is 2.30. The number of nitrogens with two attached hydrogens (primary N) is 1. The fourth-order valence-electron chi connectivity index (χ4n) is 1.99. The molecule has 0 spiro atoms. The van der Waals surface area contributed by atoms with Gasteiger partial charge in [-0.25, -0.2) is 0 Å². The van der Waals surface area contributed by atoms with Gasteiger partial charge < -0.3 is 19.9 Å². The maximum absolute atomic E-state index is 12.6. The lowest BCUT2D eigenvalue weighted by Gasteiger charge is -2.11. The van der Waals surface area contributed by atoms with E-state index < -0.39 is 0 Å². The number of rotatable bonds is 5. The van der Waals surface area contributed by atoms with Gasteiger partial charge in [0.05, 0.1) is 21.3 Å². The van der Waals surface area contributed by atoms with Crippen molar-refractivity contribution in [3.63, 3.8) is 0 Å². The van der Waals surface area contributed by atoms with E-state index in [2.05, 4.69) is 0 Å². The van der Waals surface area contributed by atoms with Crippen LogP contribution in [-0.4, -0.2) is 27.1 Å². The summed E-state index contributed by atoms with van der Waals surface area (Å²) in [7, 11) is 4.60. The molecule has 2 N–H and O–H groups in total. The quantitative estimate of drug-likeness (QED) is 0.676. The molecule has 0 aliphatic rings. The van der Waals surface area contributed by atoms with Crippen LogP contribution in [0.15, 0.2) is 36.4 Å². The maximum atomic E-state index is 12.6. The van der Waals surface area contributed by atoms with Gasteiger partial charge in [-0.05, 0) is 36.4 Å². The molecule has 0 radical (unpaired) electrons. The number of methoxy groups -OCH3 is 3. The Morgan fingerprint density at radius 1 is 0.905 bits per heavy atom. The molecular weight excluding hydrogens is 270 g/mol. The predicted molar refractivity (Wildman–Crippen MR) is 80.4 cm³/mol. The lowest BCUT2D eigenvalue weighted by molar-refractivity contribution is 0.103. The maximum Gasteiger partial charge on any atom is 0.195 e. The molecular formula is C16H17NO4. The standard InChI is InChI=1S/C16H17NO4/c1-19-11-5-6-13(17)12(9-11)16(18)10-4-7-14(20-2)15(8-10)21-3/h4-9H,17H2,1-3H3. The van der Waals surface area contributed by atoms with Gasteiger partial charge in [0.15, 0.2) is 17.3 Å². The third kappa shape index (κ3) is 2.91. The van der Waals surface area contributed by atoms with Gasteiger partial charge >= 0.3 is 0 Å². The van der Waals surface area contributed by atoms with E-state index in [4.69, 9.17) is 19.9 Å². The van der Waals surface area contributed by atoms with E-state index >= 15 is 0 Å². The average molecular weight is 287 g/mol. The van der Waals surface area contributed by atoms with E-state index in [1.165, 1.54) is 14.2 Å². The molecule has 5 nitrogen and oxygen atoms in total. The lowest BCUT2D eigenvalue weighted by atomic mass is 10.0. The summed E-state index contributed by atoms with van der Waals surface area (Å²) in [6.07, 6.45) is 0. The first-order chi connectivity index (χ1) is 10.1. The molecule has 2 aromatic rings. The molecule has 0 saturated carbocycles. The fourth-order valence-corrected chi connectivity index (χ4v) is 1.99. The summed E-state index contributed by atoms with van der Waals surface area (Å²) >= 11 is 0. The molecule has 0 aromatic heterocycles. The van der Waals surface area contributed by atoms with Gasteiger partial charge in [-0.3, -0.25) is 4.79 Å². The number of benzene rings is 2. The number of carbonyl (C=O) groups is 1. The van der Waals surface area contributed by atoms with Crippen LogP contribution in [0.25, 0.3) is 0 Å². The lowest BCUT2D eigenvalue weighted by Crippen LogP contribution is -2.06. The van der Waals surface area contributed by atoms with Gasteiger partial charge in [0, 0.05) is 16.8 Å². The molecule has 0 fully saturated rings. The summed E-state index contributed by atoms with van der Waals surface area (Å²) in [6, 6.07) is 9.95. The van der Waals surface area contributed by atoms with Crippen molar-refractivity contribution in [2.45, 2.75) is 0 Å². The van der Waals surface area contributed by atoms with Crippen molar-refractivity contribution in [3.8, 4) is 17.2 Å². The second kappa shape index (κ2) is 6.17. The van der Waals surface area contributed by atoms with Crippen LogP contribution in [0, 0.1) is 0 Å². The van der Waals surface area contributed by atoms with Gasteiger partial charge in [0.1, 0.15) is 5.75 Å². The number of hydrogen-bond acceptors (Lipinski definition) is 5. The van der Waals surface area contributed by atoms with Crippen molar-refractivity contribution in [1.82, 2.24) is 0 Å². The largest absolute Gasteiger partial charge is 0.497 e. The first kappa shape index (κ1) is 14.7. The number of carbonyl (C=O) groups excluding carboxylic acids is 1. The second-order valence-electron chi connectivity index (χ2n) is 4.35. The zero-order chi connectivity index (χ0) is 15.4. The van der Waals surface area contributed by atoms with E-state index in [0.29, 0.717) is 34.1 Å². The van der Waals surface area contributed by atoms with E-state index in [9.17, 15) is 4.79 Å². The van der Waals surface area contributed by atoms with E-state index in [1.54, 1.807) is 43.5 Å². The van der Waals surface area contributed by atoms with Crippen molar-refractivity contribution >= 4 is 11.5 Å². The summed E-state index contributed by atoms with van der Waals surface area (Å²) in [4.78, 5) is 12.6. The second-order valence-corrected chi connectivity index (χ2v) is 4.35. The summed E-state index contributed by atoms with van der Waals surface area (Å²) < 4.78 is 15.5. The van der Waals surface area contributed by atoms with Crippen LogP contribution >= 0.6 is 0 Å². The summed E-state index contributed by atoms with van der Waals surface area (Å²) in [6.45, 7) is 0. The highest BCUT2D eigenvalue weighted by atomic mass is 16.5. The highest BCUT2D eigenvalue weighted by molar-refractivity contribution is 6.12. The molecule has 0 saturated heterocycles. The zero-order valence-corrected chi connectivity index (χ0v) is 12.2. The van der Waals surface area contributed by atoms with Gasteiger partial charge in [-0.2, -0.15) is 0 Å². The topological polar surface area (TPSA) is 70.8 Å². The minimum atomic E-state index is -0.202. The van der Waals surface area contributed by atoms with E-state index in [0.717, 1.165) is 0 Å². The van der Waals surface area contributed by atoms with Gasteiger partial charge in [-0.1, -0.05) is 0 Å². The molecule has 5 heteroatoms. The molecule has 0 amide bonds. The van der Waals surface area contributed by atoms with Crippen molar-refractivity contribution in [2.75, 3.05) is 27.1 Å². The monoisotopic (exact) mass is 287 g/mol. The van der Waals surface area contributed by atoms with Gasteiger partial charge in [0.2, 0.25) is 0 Å². The van der Waals surface area contributed by atoms with E-state index in [1.807, 2.05) is 0 Å². The Morgan fingerprint density at radius 2 is 1.62 bits per heavy atom. The van der Waals surface area contributed by atoms with Crippen molar-refractivity contribution < 1.29 is 19.0 Å². The zero-order valence-electron chi connectivity index (χ0n) is 12.2. The van der Waals surface area contributed by atoms with Crippen molar-refractivity contribution in [1.29, 1.82) is 0 Å². The SMILES string of the molecule is COc1ccc(N)c(C(=O)c2ccc(OC)c(OC)c2)c1. The Bertz CT molecular complexity index is 667. The van der Waals surface area contributed by atoms with Crippen LogP contribution in [0.1, 0.15) is 15.9 Å². The Labute approximate surface area is 123 Å². The molecule has 0 unspecified atom stereocenters. The summed E-state index contributed by atoms with van der Waals surface area (Å²) in [5.41, 5.74) is 7.13. The molecule has 0 aliphatic heterocycles. The Kier molecular flexibility index (Phi) is 4.33. The minimum Gasteiger partial charge on any atom is -0.497 e. The molecule has 0 aliphatic carbocycles. The molecule has 21 heavy (non-hydrogen) atoms. The normalized spacial score (nSPS) is 10.0. The fraction of sp³-hybridized carbons (Fsp3) is 0.188. The summed E-state index contributed by atoms with van der Waals surface area (Å²) in [5, 5.41) is 0. The molecule has 2 aromatic carbocycles. The number of anilines is 1. The number of nitrogen functional groups attached to an aromatic ring is 1. The van der Waals surface area contributed by atoms with E-state index in [-0.39, 0.29) is 5.78 Å². The molecule has 110 valence electrons. The van der Waals surface area contributed by atoms with Crippen molar-refractivity contribution in [3.05, 3.63) is 47.5 Å². The number of ketones is 1. The van der Waals surface area contributed by atoms with Crippen LogP contribution in [0.3, 0.4) is 0 Å². The van der Waals surface area contributed by atoms with Crippen LogP contribution in [0.5, 0.6) is 17.2 Å². The average Bonchev–Trinajstić information content (AvgIpc) is 2.54.